The molecule has 1 heterocycles. The quantitative estimate of drug-likeness (QED) is 0.576. The minimum absolute atomic E-state index is 0.176. The van der Waals surface area contributed by atoms with Crippen molar-refractivity contribution in [1.82, 2.24) is 0 Å². The largest absolute Gasteiger partial charge is 0.475 e. The second-order valence-electron chi connectivity index (χ2n) is 1.54. The predicted molar refractivity (Wildman–Crippen MR) is 34.4 cm³/mol. The van der Waals surface area contributed by atoms with Gasteiger partial charge in [0.2, 0.25) is 5.76 Å². The highest BCUT2D eigenvalue weighted by Gasteiger charge is 2.06. The van der Waals surface area contributed by atoms with Gasteiger partial charge in [-0.3, -0.25) is 4.99 Å². The molecule has 0 spiro atoms. The molecule has 52 valence electrons. The number of nitrogens with zero attached hydrogens (tertiary/aromatic N) is 1. The van der Waals surface area contributed by atoms with Crippen LogP contribution in [-0.4, -0.2) is 17.3 Å². The van der Waals surface area contributed by atoms with E-state index in [0.717, 1.165) is 6.20 Å². The van der Waals surface area contributed by atoms with Crippen molar-refractivity contribution in [1.29, 1.82) is 0 Å². The summed E-state index contributed by atoms with van der Waals surface area (Å²) in [4.78, 5) is 13.8. The molecule has 1 aliphatic rings. The van der Waals surface area contributed by atoms with Gasteiger partial charge < -0.3 is 9.84 Å². The van der Waals surface area contributed by atoms with Gasteiger partial charge in [0.15, 0.2) is 0 Å². The topological polar surface area (TPSA) is 58.9 Å². The predicted octanol–water partition coefficient (Wildman–Crippen LogP) is 0.527. The Morgan fingerprint density at radius 1 is 1.70 bits per heavy atom. The highest BCUT2D eigenvalue weighted by Crippen LogP contribution is 2.00. The zero-order chi connectivity index (χ0) is 7.40. The maximum Gasteiger partial charge on any atom is 0.373 e. The average Bonchev–Trinajstić information content (AvgIpc) is 2.12. The molecule has 1 aliphatic heterocycles. The molecule has 0 aromatic rings. The molecule has 0 bridgehead atoms. The number of carboxylic acid groups (broad SMARTS) is 1. The summed E-state index contributed by atoms with van der Waals surface area (Å²) in [7, 11) is 0. The zero-order valence-corrected chi connectivity index (χ0v) is 5.02. The molecule has 0 atom stereocenters. The van der Waals surface area contributed by atoms with Gasteiger partial charge in [-0.1, -0.05) is 0 Å². The van der Waals surface area contributed by atoms with Crippen LogP contribution in [-0.2, 0) is 9.53 Å². The number of hydrogen-bond acceptors (Lipinski definition) is 3. The molecule has 0 aliphatic carbocycles. The van der Waals surface area contributed by atoms with Crippen LogP contribution in [0.1, 0.15) is 0 Å². The van der Waals surface area contributed by atoms with Crippen molar-refractivity contribution in [2.24, 2.45) is 4.99 Å². The van der Waals surface area contributed by atoms with Gasteiger partial charge in [-0.2, -0.15) is 0 Å². The van der Waals surface area contributed by atoms with Gasteiger partial charge in [0.05, 0.1) is 12.5 Å². The number of carboxylic acids is 1. The van der Waals surface area contributed by atoms with Gasteiger partial charge in [0.25, 0.3) is 0 Å². The molecule has 0 radical (unpaired) electrons. The van der Waals surface area contributed by atoms with Gasteiger partial charge in [0, 0.05) is 6.21 Å². The van der Waals surface area contributed by atoms with Crippen molar-refractivity contribution in [3.05, 3.63) is 24.3 Å². The van der Waals surface area contributed by atoms with E-state index in [2.05, 4.69) is 9.73 Å². The number of aliphatic carboxylic acids is 1. The molecular weight excluding hydrogens is 134 g/mol. The first kappa shape index (κ1) is 6.54. The Morgan fingerprint density at radius 2 is 2.50 bits per heavy atom. The van der Waals surface area contributed by atoms with Crippen molar-refractivity contribution < 1.29 is 14.6 Å². The summed E-state index contributed by atoms with van der Waals surface area (Å²) in [5.74, 6) is -1.30. The minimum atomic E-state index is -1.12. The first-order valence-electron chi connectivity index (χ1n) is 2.59. The van der Waals surface area contributed by atoms with Gasteiger partial charge in [-0.25, -0.2) is 4.79 Å². The zero-order valence-electron chi connectivity index (χ0n) is 5.02. The Balaban J connectivity index is 2.78. The van der Waals surface area contributed by atoms with Crippen LogP contribution in [0.25, 0.3) is 0 Å². The molecule has 10 heavy (non-hydrogen) atoms. The molecule has 0 aromatic carbocycles. The van der Waals surface area contributed by atoms with Gasteiger partial charge in [-0.15, -0.1) is 0 Å². The molecule has 0 saturated heterocycles. The molecule has 0 aromatic heterocycles. The van der Waals surface area contributed by atoms with Crippen molar-refractivity contribution in [3.8, 4) is 0 Å². The fourth-order valence-corrected chi connectivity index (χ4v) is 0.444. The third-order valence-electron chi connectivity index (χ3n) is 0.848. The summed E-state index contributed by atoms with van der Waals surface area (Å²) in [5.41, 5.74) is 0. The molecule has 1 rings (SSSR count). The molecule has 4 nitrogen and oxygen atoms in total. The van der Waals surface area contributed by atoms with Crippen LogP contribution in [0.5, 0.6) is 0 Å². The van der Waals surface area contributed by atoms with E-state index in [-0.39, 0.29) is 5.76 Å². The van der Waals surface area contributed by atoms with Crippen LogP contribution >= 0.6 is 0 Å². The molecule has 0 fully saturated rings. The summed E-state index contributed by atoms with van der Waals surface area (Å²) in [6.07, 6.45) is 5.35. The summed E-state index contributed by atoms with van der Waals surface area (Å²) >= 11 is 0. The maximum atomic E-state index is 10.2. The van der Waals surface area contributed by atoms with Crippen LogP contribution in [0.4, 0.5) is 0 Å². The fourth-order valence-electron chi connectivity index (χ4n) is 0.444. The third-order valence-corrected chi connectivity index (χ3v) is 0.848. The standard InChI is InChI=1S/C6H5NO3/c8-6(9)5-4-7-2-1-3-10-5/h1-4H,(H,8,9). The smallest absolute Gasteiger partial charge is 0.373 e. The molecule has 1 N–H and O–H groups in total. The van der Waals surface area contributed by atoms with Crippen molar-refractivity contribution >= 4 is 12.2 Å². The normalized spacial score (nSPS) is 15.4. The molecular formula is C6H5NO3. The number of allylic oxidation sites excluding steroid dienone is 1. The van der Waals surface area contributed by atoms with E-state index in [1.165, 1.54) is 18.6 Å². The second kappa shape index (κ2) is 2.82. The lowest BCUT2D eigenvalue weighted by Gasteiger charge is -1.94. The van der Waals surface area contributed by atoms with Crippen LogP contribution in [0.2, 0.25) is 0 Å². The van der Waals surface area contributed by atoms with E-state index >= 15 is 0 Å². The van der Waals surface area contributed by atoms with Crippen molar-refractivity contribution in [3.63, 3.8) is 0 Å². The Hall–Kier alpha value is -1.58. The van der Waals surface area contributed by atoms with E-state index in [9.17, 15) is 4.79 Å². The van der Waals surface area contributed by atoms with E-state index in [4.69, 9.17) is 5.11 Å². The first-order valence-corrected chi connectivity index (χ1v) is 2.59. The number of ether oxygens (including phenoxy) is 1. The summed E-state index contributed by atoms with van der Waals surface area (Å²) in [5, 5.41) is 8.36. The lowest BCUT2D eigenvalue weighted by molar-refractivity contribution is -0.135. The van der Waals surface area contributed by atoms with Crippen LogP contribution in [0.15, 0.2) is 29.3 Å². The molecule has 0 unspecified atom stereocenters. The highest BCUT2D eigenvalue weighted by molar-refractivity contribution is 5.85. The van der Waals surface area contributed by atoms with Gasteiger partial charge in [0.1, 0.15) is 0 Å². The maximum absolute atomic E-state index is 10.2. The number of rotatable bonds is 1. The Bertz CT molecular complexity index is 227. The third kappa shape index (κ3) is 1.45. The Labute approximate surface area is 57.1 Å². The Kier molecular flexibility index (Phi) is 1.84. The molecule has 0 amide bonds. The fraction of sp³-hybridized carbons (Fsp3) is 0. The van der Waals surface area contributed by atoms with Crippen LogP contribution < -0.4 is 0 Å². The van der Waals surface area contributed by atoms with Crippen LogP contribution in [0, 0.1) is 0 Å². The van der Waals surface area contributed by atoms with Crippen LogP contribution in [0.3, 0.4) is 0 Å². The van der Waals surface area contributed by atoms with Gasteiger partial charge in [-0.05, 0) is 6.08 Å². The SMILES string of the molecule is O=C(O)C1=CN=CC=CO1. The highest BCUT2D eigenvalue weighted by atomic mass is 16.5. The lowest BCUT2D eigenvalue weighted by atomic mass is 10.5. The summed E-state index contributed by atoms with van der Waals surface area (Å²) in [6.45, 7) is 0. The first-order chi connectivity index (χ1) is 4.80. The number of aliphatic imine (C=N–C) groups is 1. The lowest BCUT2D eigenvalue weighted by Crippen LogP contribution is -2.00. The van der Waals surface area contributed by atoms with Gasteiger partial charge >= 0.3 is 5.97 Å². The number of hydrogen-bond donors (Lipinski definition) is 1. The summed E-state index contributed by atoms with van der Waals surface area (Å²) < 4.78 is 4.62. The minimum Gasteiger partial charge on any atom is -0.475 e. The van der Waals surface area contributed by atoms with Crippen molar-refractivity contribution in [2.75, 3.05) is 0 Å². The number of carbonyl (C=O) groups is 1. The monoisotopic (exact) mass is 139 g/mol. The van der Waals surface area contributed by atoms with E-state index in [1.807, 2.05) is 0 Å². The second-order valence-corrected chi connectivity index (χ2v) is 1.54. The van der Waals surface area contributed by atoms with E-state index in [1.54, 1.807) is 0 Å². The van der Waals surface area contributed by atoms with E-state index < -0.39 is 5.97 Å². The summed E-state index contributed by atoms with van der Waals surface area (Å²) in [6, 6.07) is 0. The molecule has 0 saturated carbocycles. The van der Waals surface area contributed by atoms with E-state index in [0.29, 0.717) is 0 Å². The molecule has 4 heteroatoms. The Morgan fingerprint density at radius 3 is 3.20 bits per heavy atom. The average molecular weight is 139 g/mol. The van der Waals surface area contributed by atoms with Crippen molar-refractivity contribution in [2.45, 2.75) is 0 Å².